The fraction of sp³-hybridized carbons (Fsp3) is 0.182. The molecule has 3 rings (SSSR count). The van der Waals surface area contributed by atoms with Crippen LogP contribution in [0.2, 0.25) is 0 Å². The molecule has 0 fully saturated rings. The minimum Gasteiger partial charge on any atom is -0.497 e. The van der Waals surface area contributed by atoms with Crippen LogP contribution in [-0.2, 0) is 22.9 Å². The van der Waals surface area contributed by atoms with Crippen LogP contribution in [0.3, 0.4) is 0 Å². The van der Waals surface area contributed by atoms with Crippen molar-refractivity contribution in [3.63, 3.8) is 0 Å². The number of anilines is 2. The van der Waals surface area contributed by atoms with Gasteiger partial charge in [-0.05, 0) is 42.7 Å². The van der Waals surface area contributed by atoms with Crippen molar-refractivity contribution >= 4 is 27.4 Å². The molecule has 9 nitrogen and oxygen atoms in total. The second-order valence-corrected chi connectivity index (χ2v) is 8.56. The highest BCUT2D eigenvalue weighted by Gasteiger charge is 2.20. The molecule has 0 aliphatic carbocycles. The highest BCUT2D eigenvalue weighted by atomic mass is 32.2. The van der Waals surface area contributed by atoms with E-state index in [1.807, 2.05) is 12.1 Å². The van der Waals surface area contributed by atoms with Crippen LogP contribution in [0, 0.1) is 5.82 Å². The number of amides is 1. The quantitative estimate of drug-likeness (QED) is 0.413. The number of aromatic nitrogens is 2. The summed E-state index contributed by atoms with van der Waals surface area (Å²) >= 11 is 0. The summed E-state index contributed by atoms with van der Waals surface area (Å²) in [6.45, 7) is 3.18. The van der Waals surface area contributed by atoms with Crippen molar-refractivity contribution in [1.29, 1.82) is 0 Å². The van der Waals surface area contributed by atoms with Gasteiger partial charge in [0.2, 0.25) is 0 Å². The Morgan fingerprint density at radius 2 is 1.85 bits per heavy atom. The van der Waals surface area contributed by atoms with Crippen molar-refractivity contribution in [3.05, 3.63) is 77.1 Å². The van der Waals surface area contributed by atoms with E-state index in [1.165, 1.54) is 12.1 Å². The molecule has 1 amide bonds. The third-order valence-corrected chi connectivity index (χ3v) is 5.62. The van der Waals surface area contributed by atoms with E-state index < -0.39 is 27.3 Å². The van der Waals surface area contributed by atoms with Crippen molar-refractivity contribution in [3.8, 4) is 11.5 Å². The van der Waals surface area contributed by atoms with E-state index in [4.69, 9.17) is 9.47 Å². The van der Waals surface area contributed by atoms with E-state index in [1.54, 1.807) is 26.4 Å². The SMILES string of the molecule is C=CS(=O)(=O)Nc1cccc(F)c1C(=O)Nc1cc(CCc2cc(OC)cc(OC)c2)[nH]n1. The van der Waals surface area contributed by atoms with Gasteiger partial charge in [-0.3, -0.25) is 14.6 Å². The number of aryl methyl sites for hydroxylation is 2. The molecule has 3 N–H and O–H groups in total. The number of carbonyl (C=O) groups is 1. The van der Waals surface area contributed by atoms with Crippen LogP contribution in [0.1, 0.15) is 21.6 Å². The van der Waals surface area contributed by atoms with Crippen molar-refractivity contribution in [2.24, 2.45) is 0 Å². The Balaban J connectivity index is 1.71. The molecule has 1 heterocycles. The molecule has 0 saturated heterocycles. The van der Waals surface area contributed by atoms with Gasteiger partial charge in [-0.1, -0.05) is 12.6 Å². The highest BCUT2D eigenvalue weighted by molar-refractivity contribution is 7.95. The molecule has 0 atom stereocenters. The predicted octanol–water partition coefficient (Wildman–Crippen LogP) is 3.49. The summed E-state index contributed by atoms with van der Waals surface area (Å²) in [5.74, 6) is -0.228. The molecule has 0 aliphatic heterocycles. The number of hydrogen-bond donors (Lipinski definition) is 3. The number of nitrogens with zero attached hydrogens (tertiary/aromatic N) is 1. The first-order chi connectivity index (χ1) is 15.7. The first-order valence-electron chi connectivity index (χ1n) is 9.76. The smallest absolute Gasteiger partial charge is 0.261 e. The fourth-order valence-corrected chi connectivity index (χ4v) is 3.62. The maximum Gasteiger partial charge on any atom is 0.261 e. The van der Waals surface area contributed by atoms with E-state index in [2.05, 4.69) is 26.8 Å². The van der Waals surface area contributed by atoms with Crippen LogP contribution in [0.15, 0.2) is 54.5 Å². The number of ether oxygens (including phenoxy) is 2. The Hall–Kier alpha value is -3.86. The molecule has 11 heteroatoms. The lowest BCUT2D eigenvalue weighted by Crippen LogP contribution is -2.19. The first-order valence-corrected chi connectivity index (χ1v) is 11.3. The molecule has 0 aliphatic rings. The van der Waals surface area contributed by atoms with Crippen molar-refractivity contribution in [2.45, 2.75) is 12.8 Å². The van der Waals surface area contributed by atoms with Crippen LogP contribution in [0.4, 0.5) is 15.9 Å². The number of carbonyl (C=O) groups excluding carboxylic acids is 1. The zero-order valence-electron chi connectivity index (χ0n) is 18.0. The van der Waals surface area contributed by atoms with Crippen molar-refractivity contribution in [2.75, 3.05) is 24.3 Å². The molecule has 33 heavy (non-hydrogen) atoms. The van der Waals surface area contributed by atoms with Crippen LogP contribution >= 0.6 is 0 Å². The summed E-state index contributed by atoms with van der Waals surface area (Å²) in [6, 6.07) is 10.8. The third-order valence-electron chi connectivity index (χ3n) is 4.68. The number of sulfonamides is 1. The minimum absolute atomic E-state index is 0.166. The standard InChI is InChI=1S/C22H23FN4O5S/c1-4-33(29,30)27-19-7-5-6-18(23)21(19)22(28)24-20-12-15(25-26-20)9-8-14-10-16(31-2)13-17(11-14)32-3/h4-7,10-13,27H,1,8-9H2,2-3H3,(H2,24,25,26,28). The maximum atomic E-state index is 14.3. The molecule has 3 aromatic rings. The summed E-state index contributed by atoms with van der Waals surface area (Å²) in [7, 11) is -0.780. The van der Waals surface area contributed by atoms with Gasteiger partial charge >= 0.3 is 0 Å². The average Bonchev–Trinajstić information content (AvgIpc) is 3.24. The third kappa shape index (κ3) is 6.10. The summed E-state index contributed by atoms with van der Waals surface area (Å²) in [6.07, 6.45) is 1.22. The average molecular weight is 475 g/mol. The summed E-state index contributed by atoms with van der Waals surface area (Å²) in [4.78, 5) is 12.7. The molecule has 0 bridgehead atoms. The van der Waals surface area contributed by atoms with E-state index in [0.29, 0.717) is 29.7 Å². The minimum atomic E-state index is -3.93. The monoisotopic (exact) mass is 474 g/mol. The van der Waals surface area contributed by atoms with Gasteiger partial charge in [0.1, 0.15) is 17.3 Å². The molecule has 0 radical (unpaired) electrons. The lowest BCUT2D eigenvalue weighted by atomic mass is 10.1. The van der Waals surface area contributed by atoms with Gasteiger partial charge in [-0.2, -0.15) is 5.10 Å². The van der Waals surface area contributed by atoms with Crippen molar-refractivity contribution in [1.82, 2.24) is 10.2 Å². The van der Waals surface area contributed by atoms with Gasteiger partial charge in [-0.25, -0.2) is 12.8 Å². The Morgan fingerprint density at radius 3 is 2.48 bits per heavy atom. The number of methoxy groups -OCH3 is 2. The number of hydrogen-bond acceptors (Lipinski definition) is 6. The summed E-state index contributed by atoms with van der Waals surface area (Å²) in [5, 5.41) is 9.99. The number of halogens is 1. The molecular formula is C22H23FN4O5S. The largest absolute Gasteiger partial charge is 0.497 e. The van der Waals surface area contributed by atoms with E-state index in [9.17, 15) is 17.6 Å². The molecule has 174 valence electrons. The van der Waals surface area contributed by atoms with Crippen LogP contribution in [-0.4, -0.2) is 38.7 Å². The van der Waals surface area contributed by atoms with E-state index >= 15 is 0 Å². The number of aromatic amines is 1. The zero-order chi connectivity index (χ0) is 24.0. The molecular weight excluding hydrogens is 451 g/mol. The Labute approximate surface area is 190 Å². The van der Waals surface area contributed by atoms with Gasteiger partial charge in [0.25, 0.3) is 15.9 Å². The maximum absolute atomic E-state index is 14.3. The van der Waals surface area contributed by atoms with Crippen LogP contribution in [0.5, 0.6) is 11.5 Å². The lowest BCUT2D eigenvalue weighted by molar-refractivity contribution is 0.102. The van der Waals surface area contributed by atoms with Crippen LogP contribution < -0.4 is 19.5 Å². The van der Waals surface area contributed by atoms with Gasteiger partial charge in [0.15, 0.2) is 5.82 Å². The number of nitrogens with one attached hydrogen (secondary N) is 3. The predicted molar refractivity (Wildman–Crippen MR) is 123 cm³/mol. The van der Waals surface area contributed by atoms with Gasteiger partial charge < -0.3 is 14.8 Å². The summed E-state index contributed by atoms with van der Waals surface area (Å²) in [5.41, 5.74) is 1.04. The van der Waals surface area contributed by atoms with Gasteiger partial charge in [0, 0.05) is 23.2 Å². The second kappa shape index (κ2) is 10.2. The highest BCUT2D eigenvalue weighted by Crippen LogP contribution is 2.24. The first kappa shape index (κ1) is 23.8. The Kier molecular flexibility index (Phi) is 7.34. The normalized spacial score (nSPS) is 11.0. The molecule has 0 unspecified atom stereocenters. The van der Waals surface area contributed by atoms with Gasteiger partial charge in [0.05, 0.1) is 25.5 Å². The zero-order valence-corrected chi connectivity index (χ0v) is 18.8. The molecule has 2 aromatic carbocycles. The Bertz CT molecular complexity index is 1250. The van der Waals surface area contributed by atoms with E-state index in [-0.39, 0.29) is 11.5 Å². The summed E-state index contributed by atoms with van der Waals surface area (Å²) < 4.78 is 50.5. The molecule has 0 spiro atoms. The van der Waals surface area contributed by atoms with Gasteiger partial charge in [-0.15, -0.1) is 0 Å². The van der Waals surface area contributed by atoms with Crippen molar-refractivity contribution < 1.29 is 27.1 Å². The van der Waals surface area contributed by atoms with E-state index in [0.717, 1.165) is 17.3 Å². The number of benzene rings is 2. The molecule has 0 saturated carbocycles. The topological polar surface area (TPSA) is 122 Å². The number of rotatable bonds is 10. The number of H-pyrrole nitrogens is 1. The fourth-order valence-electron chi connectivity index (χ4n) is 3.06. The molecule has 1 aromatic heterocycles. The lowest BCUT2D eigenvalue weighted by Gasteiger charge is -2.11. The Morgan fingerprint density at radius 1 is 1.15 bits per heavy atom. The second-order valence-electron chi connectivity index (χ2n) is 6.93. The van der Waals surface area contributed by atoms with Crippen LogP contribution in [0.25, 0.3) is 0 Å².